The van der Waals surface area contributed by atoms with E-state index in [0.29, 0.717) is 16.2 Å². The van der Waals surface area contributed by atoms with Gasteiger partial charge in [-0.2, -0.15) is 0 Å². The second-order valence-electron chi connectivity index (χ2n) is 4.37. The van der Waals surface area contributed by atoms with Gasteiger partial charge in [-0.1, -0.05) is 6.07 Å². The lowest BCUT2D eigenvalue weighted by Crippen LogP contribution is -1.95. The minimum absolute atomic E-state index is 0.0513. The van der Waals surface area contributed by atoms with Crippen LogP contribution in [0.3, 0.4) is 0 Å². The van der Waals surface area contributed by atoms with Gasteiger partial charge in [0.25, 0.3) is 0 Å². The molecule has 3 N–H and O–H groups in total. The summed E-state index contributed by atoms with van der Waals surface area (Å²) >= 11 is 0. The highest BCUT2D eigenvalue weighted by Crippen LogP contribution is 2.35. The van der Waals surface area contributed by atoms with Crippen LogP contribution in [0.25, 0.3) is 21.5 Å². The van der Waals surface area contributed by atoms with E-state index in [2.05, 4.69) is 0 Å². The quantitative estimate of drug-likeness (QED) is 0.460. The number of phenolic OH excluding ortho intramolecular Hbond substituents is 2. The Kier molecular flexibility index (Phi) is 2.32. The molecule has 0 amide bonds. The average Bonchev–Trinajstić information content (AvgIpc) is 2.41. The highest BCUT2D eigenvalue weighted by Gasteiger charge is 2.08. The summed E-state index contributed by atoms with van der Waals surface area (Å²) in [4.78, 5) is 10.9. The summed E-state index contributed by atoms with van der Waals surface area (Å²) in [5, 5.41) is 31.1. The van der Waals surface area contributed by atoms with Crippen molar-refractivity contribution >= 4 is 27.5 Å². The monoisotopic (exact) mass is 254 g/mol. The molecular weight excluding hydrogens is 244 g/mol. The van der Waals surface area contributed by atoms with E-state index in [9.17, 15) is 15.0 Å². The zero-order chi connectivity index (χ0) is 13.6. The van der Waals surface area contributed by atoms with E-state index < -0.39 is 5.97 Å². The predicted octanol–water partition coefficient (Wildman–Crippen LogP) is 3.10. The van der Waals surface area contributed by atoms with Crippen molar-refractivity contribution in [3.8, 4) is 11.5 Å². The number of hydrogen-bond donors (Lipinski definition) is 3. The molecule has 0 aliphatic heterocycles. The molecule has 0 spiro atoms. The third-order valence-electron chi connectivity index (χ3n) is 3.17. The van der Waals surface area contributed by atoms with Gasteiger partial charge in [0.1, 0.15) is 11.5 Å². The summed E-state index contributed by atoms with van der Waals surface area (Å²) in [5.41, 5.74) is 0.187. The number of hydrogen-bond acceptors (Lipinski definition) is 3. The van der Waals surface area contributed by atoms with Crippen LogP contribution >= 0.6 is 0 Å². The van der Waals surface area contributed by atoms with Crippen molar-refractivity contribution in [3.63, 3.8) is 0 Å². The summed E-state index contributed by atoms with van der Waals surface area (Å²) in [7, 11) is 0. The molecule has 0 bridgehead atoms. The molecule has 0 aromatic heterocycles. The number of carbonyl (C=O) groups is 1. The van der Waals surface area contributed by atoms with Crippen LogP contribution in [-0.2, 0) is 0 Å². The van der Waals surface area contributed by atoms with Gasteiger partial charge in [-0.05, 0) is 47.2 Å². The SMILES string of the molecule is O=C(O)c1ccc2cc3c(O)ccc(O)c3cc2c1. The molecule has 0 heterocycles. The van der Waals surface area contributed by atoms with Crippen LogP contribution in [0.2, 0.25) is 0 Å². The number of phenols is 2. The fourth-order valence-electron chi connectivity index (χ4n) is 2.19. The molecule has 0 saturated carbocycles. The first kappa shape index (κ1) is 11.3. The Bertz CT molecular complexity index is 821. The Morgan fingerprint density at radius 3 is 1.95 bits per heavy atom. The van der Waals surface area contributed by atoms with Gasteiger partial charge >= 0.3 is 5.97 Å². The third-order valence-corrected chi connectivity index (χ3v) is 3.17. The number of carboxylic acid groups (broad SMARTS) is 1. The van der Waals surface area contributed by atoms with Crippen LogP contribution in [0, 0.1) is 0 Å². The smallest absolute Gasteiger partial charge is 0.335 e. The number of carboxylic acids is 1. The lowest BCUT2D eigenvalue weighted by molar-refractivity contribution is 0.0697. The molecule has 0 atom stereocenters. The first-order valence-corrected chi connectivity index (χ1v) is 5.68. The van der Waals surface area contributed by atoms with Crippen molar-refractivity contribution in [3.05, 3.63) is 48.0 Å². The fourth-order valence-corrected chi connectivity index (χ4v) is 2.19. The van der Waals surface area contributed by atoms with Gasteiger partial charge in [0.2, 0.25) is 0 Å². The van der Waals surface area contributed by atoms with Crippen molar-refractivity contribution < 1.29 is 20.1 Å². The molecule has 0 radical (unpaired) electrons. The standard InChI is InChI=1S/C15H10O4/c16-13-3-4-14(17)12-7-10-5-9(15(18)19)2-1-8(10)6-11(12)13/h1-7,16-17H,(H,18,19). The molecule has 3 aromatic carbocycles. The van der Waals surface area contributed by atoms with Gasteiger partial charge < -0.3 is 15.3 Å². The maximum Gasteiger partial charge on any atom is 0.335 e. The zero-order valence-corrected chi connectivity index (χ0v) is 9.79. The van der Waals surface area contributed by atoms with Gasteiger partial charge in [0, 0.05) is 10.8 Å². The minimum atomic E-state index is -0.998. The molecule has 94 valence electrons. The van der Waals surface area contributed by atoms with Crippen molar-refractivity contribution in [1.29, 1.82) is 0 Å². The molecule has 3 aromatic rings. The third kappa shape index (κ3) is 1.74. The number of fused-ring (bicyclic) bond motifs is 2. The van der Waals surface area contributed by atoms with Gasteiger partial charge in [-0.3, -0.25) is 0 Å². The fraction of sp³-hybridized carbons (Fsp3) is 0. The maximum absolute atomic E-state index is 10.9. The number of aromatic carboxylic acids is 1. The second-order valence-corrected chi connectivity index (χ2v) is 4.37. The first-order valence-electron chi connectivity index (χ1n) is 5.68. The molecule has 3 rings (SSSR count). The minimum Gasteiger partial charge on any atom is -0.507 e. The summed E-state index contributed by atoms with van der Waals surface area (Å²) in [6, 6.07) is 11.0. The van der Waals surface area contributed by atoms with Crippen molar-refractivity contribution in [2.24, 2.45) is 0 Å². The van der Waals surface area contributed by atoms with Crippen molar-refractivity contribution in [1.82, 2.24) is 0 Å². The van der Waals surface area contributed by atoms with Crippen LogP contribution in [0.5, 0.6) is 11.5 Å². The topological polar surface area (TPSA) is 77.8 Å². The van der Waals surface area contributed by atoms with Crippen LogP contribution in [0.1, 0.15) is 10.4 Å². The maximum atomic E-state index is 10.9. The Labute approximate surface area is 108 Å². The molecule has 0 fully saturated rings. The van der Waals surface area contributed by atoms with Gasteiger partial charge in [0.15, 0.2) is 0 Å². The predicted molar refractivity (Wildman–Crippen MR) is 71.7 cm³/mol. The van der Waals surface area contributed by atoms with Crippen molar-refractivity contribution in [2.45, 2.75) is 0 Å². The summed E-state index contributed by atoms with van der Waals surface area (Å²) in [5.74, 6) is -0.866. The molecule has 0 saturated heterocycles. The largest absolute Gasteiger partial charge is 0.507 e. The Balaban J connectivity index is 2.42. The molecule has 0 aliphatic rings. The lowest BCUT2D eigenvalue weighted by atomic mass is 10.0. The molecule has 19 heavy (non-hydrogen) atoms. The highest BCUT2D eigenvalue weighted by molar-refractivity contribution is 6.05. The average molecular weight is 254 g/mol. The summed E-state index contributed by atoms with van der Waals surface area (Å²) in [6.45, 7) is 0. The van der Waals surface area contributed by atoms with E-state index in [1.54, 1.807) is 24.3 Å². The molecule has 0 aliphatic carbocycles. The Hall–Kier alpha value is -2.75. The van der Waals surface area contributed by atoms with E-state index in [-0.39, 0.29) is 17.1 Å². The van der Waals surface area contributed by atoms with Gasteiger partial charge in [0.05, 0.1) is 5.56 Å². The number of benzene rings is 3. The normalized spacial score (nSPS) is 10.9. The zero-order valence-electron chi connectivity index (χ0n) is 9.79. The Morgan fingerprint density at radius 2 is 1.37 bits per heavy atom. The number of aromatic hydroxyl groups is 2. The summed E-state index contributed by atoms with van der Waals surface area (Å²) < 4.78 is 0. The molecule has 0 unspecified atom stereocenters. The lowest BCUT2D eigenvalue weighted by Gasteiger charge is -2.07. The molecular formula is C15H10O4. The molecule has 4 nitrogen and oxygen atoms in total. The van der Waals surface area contributed by atoms with Crippen LogP contribution < -0.4 is 0 Å². The van der Waals surface area contributed by atoms with Crippen LogP contribution in [0.15, 0.2) is 42.5 Å². The first-order chi connectivity index (χ1) is 9.06. The highest BCUT2D eigenvalue weighted by atomic mass is 16.4. The number of rotatable bonds is 1. The van der Waals surface area contributed by atoms with Crippen LogP contribution in [0.4, 0.5) is 0 Å². The van der Waals surface area contributed by atoms with E-state index in [0.717, 1.165) is 5.39 Å². The van der Waals surface area contributed by atoms with E-state index in [4.69, 9.17) is 5.11 Å². The van der Waals surface area contributed by atoms with E-state index >= 15 is 0 Å². The summed E-state index contributed by atoms with van der Waals surface area (Å²) in [6.07, 6.45) is 0. The van der Waals surface area contributed by atoms with Gasteiger partial charge in [-0.15, -0.1) is 0 Å². The van der Waals surface area contributed by atoms with Crippen molar-refractivity contribution in [2.75, 3.05) is 0 Å². The molecule has 4 heteroatoms. The Morgan fingerprint density at radius 1 is 0.789 bits per heavy atom. The second kappa shape index (κ2) is 3.88. The van der Waals surface area contributed by atoms with E-state index in [1.807, 2.05) is 0 Å². The van der Waals surface area contributed by atoms with Crippen LogP contribution in [-0.4, -0.2) is 21.3 Å². The van der Waals surface area contributed by atoms with E-state index in [1.165, 1.54) is 18.2 Å². The van der Waals surface area contributed by atoms with Gasteiger partial charge in [-0.25, -0.2) is 4.79 Å².